The van der Waals surface area contributed by atoms with Crippen molar-refractivity contribution in [1.82, 2.24) is 0 Å². The Balaban J connectivity index is 1.94. The number of nitrogen functional groups attached to an aromatic ring is 1. The van der Waals surface area contributed by atoms with Gasteiger partial charge >= 0.3 is 0 Å². The molecule has 0 bridgehead atoms. The van der Waals surface area contributed by atoms with Crippen molar-refractivity contribution in [3.05, 3.63) is 40.0 Å². The van der Waals surface area contributed by atoms with Gasteiger partial charge in [0, 0.05) is 15.3 Å². The van der Waals surface area contributed by atoms with Gasteiger partial charge in [0.05, 0.1) is 17.1 Å². The Morgan fingerprint density at radius 1 is 1.30 bits per heavy atom. The molecule has 4 N–H and O–H groups in total. The van der Waals surface area contributed by atoms with Crippen LogP contribution in [0, 0.1) is 3.57 Å². The van der Waals surface area contributed by atoms with Crippen molar-refractivity contribution in [3.63, 3.8) is 0 Å². The number of carbonyl (C=O) groups is 1. The van der Waals surface area contributed by atoms with Gasteiger partial charge in [0.25, 0.3) is 5.91 Å². The summed E-state index contributed by atoms with van der Waals surface area (Å²) in [6.07, 6.45) is 0. The number of hydrogen-bond donors (Lipinski definition) is 3. The van der Waals surface area contributed by atoms with E-state index in [0.29, 0.717) is 17.1 Å². The number of carbonyl (C=O) groups excluding carboxylic acids is 1. The molecule has 0 spiro atoms. The molecule has 2 aromatic carbocycles. The Bertz CT molecular complexity index is 688. The van der Waals surface area contributed by atoms with E-state index in [1.807, 2.05) is 24.3 Å². The highest BCUT2D eigenvalue weighted by atomic mass is 127. The van der Waals surface area contributed by atoms with Gasteiger partial charge in [-0.15, -0.1) is 0 Å². The summed E-state index contributed by atoms with van der Waals surface area (Å²) in [5, 5.41) is 6.00. The molecule has 102 valence electrons. The molecule has 1 heterocycles. The van der Waals surface area contributed by atoms with Crippen LogP contribution in [-0.4, -0.2) is 12.5 Å². The summed E-state index contributed by atoms with van der Waals surface area (Å²) in [4.78, 5) is 11.3. The number of nitrogens with two attached hydrogens (primary N) is 1. The molecular formula is C14H12IN3O2. The molecule has 0 saturated heterocycles. The standard InChI is InChI=1S/C14H12IN3O2/c15-8-2-1-3-9(4-8)17-11-6-12-13(5-10(11)16)20-7-14(19)18-12/h1-6,17H,7,16H2,(H,18,19). The maximum atomic E-state index is 11.3. The highest BCUT2D eigenvalue weighted by Gasteiger charge is 2.17. The third-order valence-corrected chi connectivity index (χ3v) is 3.56. The topological polar surface area (TPSA) is 76.4 Å². The Labute approximate surface area is 129 Å². The van der Waals surface area contributed by atoms with Crippen molar-refractivity contribution < 1.29 is 9.53 Å². The second-order valence-corrected chi connectivity index (χ2v) is 5.65. The number of ether oxygens (including phenoxy) is 1. The molecule has 0 saturated carbocycles. The molecule has 0 radical (unpaired) electrons. The van der Waals surface area contributed by atoms with Crippen molar-refractivity contribution >= 4 is 51.2 Å². The fourth-order valence-corrected chi connectivity index (χ4v) is 2.52. The Morgan fingerprint density at radius 2 is 2.15 bits per heavy atom. The van der Waals surface area contributed by atoms with Gasteiger partial charge in [-0.25, -0.2) is 0 Å². The SMILES string of the molecule is Nc1cc2c(cc1Nc1cccc(I)c1)NC(=O)CO2. The largest absolute Gasteiger partial charge is 0.482 e. The summed E-state index contributed by atoms with van der Waals surface area (Å²) in [7, 11) is 0. The van der Waals surface area contributed by atoms with E-state index in [9.17, 15) is 4.79 Å². The van der Waals surface area contributed by atoms with Gasteiger partial charge in [0.2, 0.25) is 0 Å². The van der Waals surface area contributed by atoms with Gasteiger partial charge < -0.3 is 21.1 Å². The van der Waals surface area contributed by atoms with Crippen molar-refractivity contribution in [3.8, 4) is 5.75 Å². The van der Waals surface area contributed by atoms with Crippen LogP contribution in [0.25, 0.3) is 0 Å². The van der Waals surface area contributed by atoms with E-state index < -0.39 is 0 Å². The van der Waals surface area contributed by atoms with E-state index in [-0.39, 0.29) is 12.5 Å². The summed E-state index contributed by atoms with van der Waals surface area (Å²) in [6, 6.07) is 11.4. The zero-order valence-electron chi connectivity index (χ0n) is 10.4. The molecule has 5 nitrogen and oxygen atoms in total. The van der Waals surface area contributed by atoms with Crippen molar-refractivity contribution in [2.45, 2.75) is 0 Å². The number of amides is 1. The van der Waals surface area contributed by atoms with E-state index in [4.69, 9.17) is 10.5 Å². The van der Waals surface area contributed by atoms with Gasteiger partial charge in [-0.05, 0) is 46.9 Å². The first-order chi connectivity index (χ1) is 9.61. The monoisotopic (exact) mass is 381 g/mol. The maximum Gasteiger partial charge on any atom is 0.262 e. The van der Waals surface area contributed by atoms with E-state index in [1.165, 1.54) is 0 Å². The fraction of sp³-hybridized carbons (Fsp3) is 0.0714. The van der Waals surface area contributed by atoms with Crippen LogP contribution in [0.15, 0.2) is 36.4 Å². The summed E-state index contributed by atoms with van der Waals surface area (Å²) in [5.74, 6) is 0.428. The highest BCUT2D eigenvalue weighted by molar-refractivity contribution is 14.1. The number of nitrogens with one attached hydrogen (secondary N) is 2. The lowest BCUT2D eigenvalue weighted by atomic mass is 10.2. The van der Waals surface area contributed by atoms with Crippen LogP contribution in [0.1, 0.15) is 0 Å². The number of fused-ring (bicyclic) bond motifs is 1. The number of benzene rings is 2. The maximum absolute atomic E-state index is 11.3. The smallest absolute Gasteiger partial charge is 0.262 e. The Hall–Kier alpha value is -1.96. The molecule has 3 rings (SSSR count). The quantitative estimate of drug-likeness (QED) is 0.552. The van der Waals surface area contributed by atoms with Gasteiger partial charge in [0.15, 0.2) is 6.61 Å². The molecule has 0 atom stereocenters. The molecule has 0 fully saturated rings. The van der Waals surface area contributed by atoms with Crippen LogP contribution in [0.3, 0.4) is 0 Å². The minimum absolute atomic E-state index is 0.0239. The van der Waals surface area contributed by atoms with E-state index in [2.05, 4.69) is 33.2 Å². The first kappa shape index (κ1) is 13.0. The summed E-state index contributed by atoms with van der Waals surface area (Å²) in [6.45, 7) is 0.0239. The number of rotatable bonds is 2. The minimum Gasteiger partial charge on any atom is -0.482 e. The lowest BCUT2D eigenvalue weighted by Gasteiger charge is -2.20. The van der Waals surface area contributed by atoms with Crippen molar-refractivity contribution in [2.75, 3.05) is 23.0 Å². The lowest BCUT2D eigenvalue weighted by molar-refractivity contribution is -0.118. The third-order valence-electron chi connectivity index (χ3n) is 2.89. The van der Waals surface area contributed by atoms with Crippen LogP contribution in [-0.2, 0) is 4.79 Å². The van der Waals surface area contributed by atoms with Crippen LogP contribution < -0.4 is 21.1 Å². The van der Waals surface area contributed by atoms with Gasteiger partial charge in [-0.1, -0.05) is 6.07 Å². The first-order valence-electron chi connectivity index (χ1n) is 6.00. The predicted molar refractivity (Wildman–Crippen MR) is 87.4 cm³/mol. The van der Waals surface area contributed by atoms with Crippen LogP contribution >= 0.6 is 22.6 Å². The number of halogens is 1. The van der Waals surface area contributed by atoms with Crippen molar-refractivity contribution in [1.29, 1.82) is 0 Å². The van der Waals surface area contributed by atoms with Crippen LogP contribution in [0.5, 0.6) is 5.75 Å². The second-order valence-electron chi connectivity index (χ2n) is 4.41. The molecule has 2 aromatic rings. The first-order valence-corrected chi connectivity index (χ1v) is 7.08. The minimum atomic E-state index is -0.164. The normalized spacial score (nSPS) is 13.2. The molecule has 6 heteroatoms. The van der Waals surface area contributed by atoms with E-state index in [0.717, 1.165) is 14.9 Å². The van der Waals surface area contributed by atoms with E-state index in [1.54, 1.807) is 12.1 Å². The van der Waals surface area contributed by atoms with Gasteiger partial charge in [0.1, 0.15) is 5.75 Å². The zero-order chi connectivity index (χ0) is 14.1. The van der Waals surface area contributed by atoms with Crippen molar-refractivity contribution in [2.24, 2.45) is 0 Å². The lowest BCUT2D eigenvalue weighted by Crippen LogP contribution is -2.25. The number of anilines is 4. The molecule has 1 aliphatic rings. The molecular weight excluding hydrogens is 369 g/mol. The average molecular weight is 381 g/mol. The molecule has 1 amide bonds. The Morgan fingerprint density at radius 3 is 2.95 bits per heavy atom. The summed E-state index contributed by atoms with van der Waals surface area (Å²) >= 11 is 2.25. The average Bonchev–Trinajstić information content (AvgIpc) is 2.40. The fourth-order valence-electron chi connectivity index (χ4n) is 1.97. The summed E-state index contributed by atoms with van der Waals surface area (Å²) in [5.41, 5.74) is 8.87. The van der Waals surface area contributed by atoms with Crippen LogP contribution in [0.2, 0.25) is 0 Å². The second kappa shape index (κ2) is 5.20. The predicted octanol–water partition coefficient (Wildman–Crippen LogP) is 2.95. The molecule has 20 heavy (non-hydrogen) atoms. The Kier molecular flexibility index (Phi) is 3.39. The molecule has 0 aliphatic carbocycles. The van der Waals surface area contributed by atoms with Gasteiger partial charge in [-0.3, -0.25) is 4.79 Å². The van der Waals surface area contributed by atoms with Gasteiger partial charge in [-0.2, -0.15) is 0 Å². The third kappa shape index (κ3) is 2.64. The van der Waals surface area contributed by atoms with E-state index >= 15 is 0 Å². The number of hydrogen-bond acceptors (Lipinski definition) is 4. The molecule has 0 aromatic heterocycles. The van der Waals surface area contributed by atoms with Crippen LogP contribution in [0.4, 0.5) is 22.7 Å². The zero-order valence-corrected chi connectivity index (χ0v) is 12.6. The highest BCUT2D eigenvalue weighted by Crippen LogP contribution is 2.36. The molecule has 1 aliphatic heterocycles. The molecule has 0 unspecified atom stereocenters. The summed E-state index contributed by atoms with van der Waals surface area (Å²) < 4.78 is 6.45.